The second kappa shape index (κ2) is 7.53. The van der Waals surface area contributed by atoms with Crippen molar-refractivity contribution in [1.82, 2.24) is 14.9 Å². The first-order chi connectivity index (χ1) is 11.2. The molecule has 0 bridgehead atoms. The summed E-state index contributed by atoms with van der Waals surface area (Å²) in [5.41, 5.74) is 1.27. The summed E-state index contributed by atoms with van der Waals surface area (Å²) in [6.45, 7) is 4.94. The van der Waals surface area contributed by atoms with E-state index in [0.29, 0.717) is 11.8 Å². The molecule has 5 nitrogen and oxygen atoms in total. The molecule has 1 aromatic carbocycles. The number of likely N-dealkylation sites (tertiary alicyclic amines) is 1. The molecule has 0 spiro atoms. The van der Waals surface area contributed by atoms with Crippen molar-refractivity contribution in [2.75, 3.05) is 13.1 Å². The van der Waals surface area contributed by atoms with Gasteiger partial charge in [-0.05, 0) is 56.5 Å². The molecule has 1 fully saturated rings. The molecular formula is C18H23N3O2. The average molecular weight is 313 g/mol. The van der Waals surface area contributed by atoms with E-state index in [1.807, 2.05) is 19.1 Å². The number of hydrogen-bond acceptors (Lipinski definition) is 5. The number of hydrogen-bond donors (Lipinski definition) is 1. The molecule has 2 aromatic rings. The minimum Gasteiger partial charge on any atom is -0.438 e. The quantitative estimate of drug-likeness (QED) is 0.920. The Morgan fingerprint density at radius 1 is 1.22 bits per heavy atom. The van der Waals surface area contributed by atoms with E-state index in [-0.39, 0.29) is 6.10 Å². The molecule has 0 saturated carbocycles. The first kappa shape index (κ1) is 15.9. The third kappa shape index (κ3) is 4.50. The first-order valence-corrected chi connectivity index (χ1v) is 8.14. The van der Waals surface area contributed by atoms with E-state index >= 15 is 0 Å². The van der Waals surface area contributed by atoms with Crippen LogP contribution in [0.4, 0.5) is 0 Å². The fourth-order valence-electron chi connectivity index (χ4n) is 2.97. The maximum absolute atomic E-state index is 9.66. The second-order valence-electron chi connectivity index (χ2n) is 6.14. The van der Waals surface area contributed by atoms with Gasteiger partial charge in [-0.25, -0.2) is 4.98 Å². The van der Waals surface area contributed by atoms with Crippen molar-refractivity contribution >= 4 is 0 Å². The highest BCUT2D eigenvalue weighted by atomic mass is 16.5. The second-order valence-corrected chi connectivity index (χ2v) is 6.14. The number of aliphatic hydroxyl groups is 1. The van der Waals surface area contributed by atoms with Crippen LogP contribution in [0.1, 0.15) is 25.3 Å². The molecule has 1 N–H and O–H groups in total. The van der Waals surface area contributed by atoms with Gasteiger partial charge in [0.15, 0.2) is 0 Å². The van der Waals surface area contributed by atoms with Crippen LogP contribution in [0.3, 0.4) is 0 Å². The Morgan fingerprint density at radius 3 is 2.57 bits per heavy atom. The summed E-state index contributed by atoms with van der Waals surface area (Å²) in [4.78, 5) is 10.5. The molecule has 1 aliphatic heterocycles. The van der Waals surface area contributed by atoms with Gasteiger partial charge in [0.1, 0.15) is 5.75 Å². The number of aromatic nitrogens is 2. The van der Waals surface area contributed by atoms with Crippen molar-refractivity contribution in [3.8, 4) is 11.6 Å². The van der Waals surface area contributed by atoms with Crippen molar-refractivity contribution in [1.29, 1.82) is 0 Å². The van der Waals surface area contributed by atoms with E-state index in [0.717, 1.165) is 38.2 Å². The molecule has 0 amide bonds. The Labute approximate surface area is 137 Å². The highest BCUT2D eigenvalue weighted by Gasteiger charge is 2.22. The first-order valence-electron chi connectivity index (χ1n) is 8.14. The average Bonchev–Trinajstić information content (AvgIpc) is 2.58. The predicted molar refractivity (Wildman–Crippen MR) is 88.2 cm³/mol. The number of benzene rings is 1. The molecule has 0 radical (unpaired) electrons. The van der Waals surface area contributed by atoms with Crippen LogP contribution < -0.4 is 4.74 Å². The summed E-state index contributed by atoms with van der Waals surface area (Å²) in [5, 5.41) is 9.66. The molecule has 1 aliphatic rings. The molecule has 0 aliphatic carbocycles. The van der Waals surface area contributed by atoms with E-state index < -0.39 is 0 Å². The summed E-state index contributed by atoms with van der Waals surface area (Å²) < 4.78 is 5.65. The van der Waals surface area contributed by atoms with Gasteiger partial charge in [-0.1, -0.05) is 12.1 Å². The number of aliphatic hydroxyl groups excluding tert-OH is 1. The maximum atomic E-state index is 9.66. The molecule has 5 heteroatoms. The Kier molecular flexibility index (Phi) is 5.20. The molecule has 3 rings (SSSR count). The lowest BCUT2D eigenvalue weighted by atomic mass is 9.92. The third-order valence-electron chi connectivity index (χ3n) is 4.41. The van der Waals surface area contributed by atoms with Crippen LogP contribution in [-0.2, 0) is 6.54 Å². The SMILES string of the molecule is CC(O)C1CCN(Cc2ccc(Oc3cnccn3)cc2)CC1. The topological polar surface area (TPSA) is 58.5 Å². The Balaban J connectivity index is 1.52. The van der Waals surface area contributed by atoms with Crippen molar-refractivity contribution in [3.05, 3.63) is 48.4 Å². The standard InChI is InChI=1S/C18H23N3O2/c1-14(22)16-6-10-21(11-7-16)13-15-2-4-17(5-3-15)23-18-12-19-8-9-20-18/h2-5,8-9,12,14,16,22H,6-7,10-11,13H2,1H3. The summed E-state index contributed by atoms with van der Waals surface area (Å²) in [5.74, 6) is 1.72. The molecule has 2 heterocycles. The van der Waals surface area contributed by atoms with Gasteiger partial charge in [0.25, 0.3) is 0 Å². The third-order valence-corrected chi connectivity index (χ3v) is 4.41. The Morgan fingerprint density at radius 2 is 1.96 bits per heavy atom. The predicted octanol–water partition coefficient (Wildman–Crippen LogP) is 2.86. The van der Waals surface area contributed by atoms with Gasteiger partial charge in [0, 0.05) is 18.9 Å². The van der Waals surface area contributed by atoms with Crippen LogP contribution in [0.25, 0.3) is 0 Å². The molecule has 23 heavy (non-hydrogen) atoms. The molecular weight excluding hydrogens is 290 g/mol. The van der Waals surface area contributed by atoms with Gasteiger partial charge in [-0.15, -0.1) is 0 Å². The molecule has 1 atom stereocenters. The van der Waals surface area contributed by atoms with Gasteiger partial charge in [-0.3, -0.25) is 9.88 Å². The molecule has 1 saturated heterocycles. The number of rotatable bonds is 5. The van der Waals surface area contributed by atoms with Crippen molar-refractivity contribution in [2.24, 2.45) is 5.92 Å². The lowest BCUT2D eigenvalue weighted by Crippen LogP contribution is -2.36. The number of nitrogens with zero attached hydrogens (tertiary/aromatic N) is 3. The summed E-state index contributed by atoms with van der Waals surface area (Å²) >= 11 is 0. The van der Waals surface area contributed by atoms with Crippen LogP contribution in [0.2, 0.25) is 0 Å². The van der Waals surface area contributed by atoms with Crippen LogP contribution in [0.15, 0.2) is 42.9 Å². The Bertz CT molecular complexity index is 593. The monoisotopic (exact) mass is 313 g/mol. The van der Waals surface area contributed by atoms with Gasteiger partial charge >= 0.3 is 0 Å². The van der Waals surface area contributed by atoms with Gasteiger partial charge in [0.2, 0.25) is 5.88 Å². The fourth-order valence-corrected chi connectivity index (χ4v) is 2.97. The van der Waals surface area contributed by atoms with Crippen LogP contribution in [0, 0.1) is 5.92 Å². The minimum absolute atomic E-state index is 0.185. The van der Waals surface area contributed by atoms with E-state index in [1.165, 1.54) is 5.56 Å². The van der Waals surface area contributed by atoms with Gasteiger partial charge < -0.3 is 9.84 Å². The van der Waals surface area contributed by atoms with Crippen LogP contribution in [-0.4, -0.2) is 39.2 Å². The lowest BCUT2D eigenvalue weighted by molar-refractivity contribution is 0.0695. The van der Waals surface area contributed by atoms with E-state index in [9.17, 15) is 5.11 Å². The zero-order chi connectivity index (χ0) is 16.1. The number of piperidine rings is 1. The zero-order valence-corrected chi connectivity index (χ0v) is 13.4. The normalized spacial score (nSPS) is 17.8. The van der Waals surface area contributed by atoms with Crippen molar-refractivity contribution < 1.29 is 9.84 Å². The van der Waals surface area contributed by atoms with Crippen LogP contribution in [0.5, 0.6) is 11.6 Å². The summed E-state index contributed by atoms with van der Waals surface area (Å²) in [7, 11) is 0. The van der Waals surface area contributed by atoms with Crippen LogP contribution >= 0.6 is 0 Å². The van der Waals surface area contributed by atoms with E-state index in [1.54, 1.807) is 18.6 Å². The molecule has 1 unspecified atom stereocenters. The minimum atomic E-state index is -0.185. The maximum Gasteiger partial charge on any atom is 0.237 e. The summed E-state index contributed by atoms with van der Waals surface area (Å²) in [6.07, 6.45) is 6.80. The zero-order valence-electron chi connectivity index (χ0n) is 13.4. The Hall–Kier alpha value is -1.98. The van der Waals surface area contributed by atoms with Crippen molar-refractivity contribution in [3.63, 3.8) is 0 Å². The fraction of sp³-hybridized carbons (Fsp3) is 0.444. The lowest BCUT2D eigenvalue weighted by Gasteiger charge is -2.33. The smallest absolute Gasteiger partial charge is 0.237 e. The highest BCUT2D eigenvalue weighted by Crippen LogP contribution is 2.23. The number of ether oxygens (including phenoxy) is 1. The highest BCUT2D eigenvalue weighted by molar-refractivity contribution is 5.29. The van der Waals surface area contributed by atoms with Gasteiger partial charge in [0.05, 0.1) is 12.3 Å². The molecule has 1 aromatic heterocycles. The van der Waals surface area contributed by atoms with E-state index in [4.69, 9.17) is 4.74 Å². The molecule has 122 valence electrons. The largest absolute Gasteiger partial charge is 0.438 e. The summed E-state index contributed by atoms with van der Waals surface area (Å²) in [6, 6.07) is 8.11. The van der Waals surface area contributed by atoms with Crippen molar-refractivity contribution in [2.45, 2.75) is 32.4 Å². The van der Waals surface area contributed by atoms with Gasteiger partial charge in [-0.2, -0.15) is 0 Å². The van der Waals surface area contributed by atoms with E-state index in [2.05, 4.69) is 27.0 Å².